The van der Waals surface area contributed by atoms with Crippen molar-refractivity contribution in [1.29, 1.82) is 0 Å². The van der Waals surface area contributed by atoms with Crippen molar-refractivity contribution in [3.05, 3.63) is 35.4 Å². The van der Waals surface area contributed by atoms with Gasteiger partial charge < -0.3 is 4.74 Å². The molecule has 0 N–H and O–H groups in total. The molecule has 0 spiro atoms. The Morgan fingerprint density at radius 1 is 1.33 bits per heavy atom. The van der Waals surface area contributed by atoms with Gasteiger partial charge >= 0.3 is 0 Å². The van der Waals surface area contributed by atoms with Crippen LogP contribution in [0.5, 0.6) is 0 Å². The second-order valence-electron chi connectivity index (χ2n) is 4.65. The van der Waals surface area contributed by atoms with Crippen molar-refractivity contribution in [3.63, 3.8) is 0 Å². The van der Waals surface area contributed by atoms with Gasteiger partial charge in [0.1, 0.15) is 0 Å². The minimum atomic E-state index is -0.334. The maximum Gasteiger partial charge on any atom is 0.169 e. The van der Waals surface area contributed by atoms with Crippen LogP contribution in [0.3, 0.4) is 0 Å². The van der Waals surface area contributed by atoms with Gasteiger partial charge in [0.25, 0.3) is 0 Å². The molecule has 1 aromatic rings. The standard InChI is InChI=1S/C13H16O2/c1-13(2)11(8-15-3)9-6-4-5-7-10(9)12(13)14/h4-7,11H,8H2,1-3H3. The van der Waals surface area contributed by atoms with E-state index in [1.54, 1.807) is 7.11 Å². The molecule has 0 fully saturated rings. The van der Waals surface area contributed by atoms with Crippen molar-refractivity contribution in [3.8, 4) is 0 Å². The number of methoxy groups -OCH3 is 1. The smallest absolute Gasteiger partial charge is 0.169 e. The zero-order chi connectivity index (χ0) is 11.1. The van der Waals surface area contributed by atoms with Crippen molar-refractivity contribution in [2.75, 3.05) is 13.7 Å². The summed E-state index contributed by atoms with van der Waals surface area (Å²) in [4.78, 5) is 12.1. The first kappa shape index (κ1) is 10.4. The third-order valence-electron chi connectivity index (χ3n) is 3.37. The molecule has 1 unspecified atom stereocenters. The molecular formula is C13H16O2. The van der Waals surface area contributed by atoms with E-state index < -0.39 is 0 Å². The van der Waals surface area contributed by atoms with Crippen molar-refractivity contribution >= 4 is 5.78 Å². The van der Waals surface area contributed by atoms with Gasteiger partial charge in [0.2, 0.25) is 0 Å². The molecule has 0 saturated carbocycles. The van der Waals surface area contributed by atoms with Gasteiger partial charge in [-0.05, 0) is 5.56 Å². The van der Waals surface area contributed by atoms with Gasteiger partial charge in [-0.15, -0.1) is 0 Å². The molecule has 0 radical (unpaired) electrons. The Hall–Kier alpha value is -1.15. The SMILES string of the molecule is COCC1c2ccccc2C(=O)C1(C)C. The second kappa shape index (κ2) is 3.46. The van der Waals surface area contributed by atoms with E-state index in [0.717, 1.165) is 11.1 Å². The van der Waals surface area contributed by atoms with Gasteiger partial charge in [-0.3, -0.25) is 4.79 Å². The summed E-state index contributed by atoms with van der Waals surface area (Å²) in [6.07, 6.45) is 0. The van der Waals surface area contributed by atoms with Gasteiger partial charge in [-0.2, -0.15) is 0 Å². The molecule has 2 heteroatoms. The highest BCUT2D eigenvalue weighted by Crippen LogP contribution is 2.46. The van der Waals surface area contributed by atoms with Crippen LogP contribution in [-0.2, 0) is 4.74 Å². The van der Waals surface area contributed by atoms with Crippen molar-refractivity contribution < 1.29 is 9.53 Å². The lowest BCUT2D eigenvalue weighted by atomic mass is 9.79. The first-order valence-electron chi connectivity index (χ1n) is 5.21. The second-order valence-corrected chi connectivity index (χ2v) is 4.65. The Labute approximate surface area is 90.3 Å². The summed E-state index contributed by atoms with van der Waals surface area (Å²) in [7, 11) is 1.68. The van der Waals surface area contributed by atoms with E-state index in [1.807, 2.05) is 38.1 Å². The van der Waals surface area contributed by atoms with Gasteiger partial charge in [0, 0.05) is 24.0 Å². The summed E-state index contributed by atoms with van der Waals surface area (Å²) < 4.78 is 5.21. The summed E-state index contributed by atoms with van der Waals surface area (Å²) in [6.45, 7) is 4.60. The largest absolute Gasteiger partial charge is 0.384 e. The van der Waals surface area contributed by atoms with Crippen molar-refractivity contribution in [2.24, 2.45) is 5.41 Å². The number of fused-ring (bicyclic) bond motifs is 1. The number of carbonyl (C=O) groups excluding carboxylic acids is 1. The molecule has 2 rings (SSSR count). The molecule has 0 amide bonds. The Bertz CT molecular complexity index is 393. The highest BCUT2D eigenvalue weighted by molar-refractivity contribution is 6.05. The quantitative estimate of drug-likeness (QED) is 0.740. The van der Waals surface area contributed by atoms with E-state index in [9.17, 15) is 4.79 Å². The van der Waals surface area contributed by atoms with Crippen LogP contribution in [0.15, 0.2) is 24.3 Å². The molecule has 15 heavy (non-hydrogen) atoms. The average Bonchev–Trinajstić information content (AvgIpc) is 2.41. The number of carbonyl (C=O) groups is 1. The predicted molar refractivity (Wildman–Crippen MR) is 59.2 cm³/mol. The van der Waals surface area contributed by atoms with Gasteiger partial charge in [0.05, 0.1) is 6.61 Å². The fourth-order valence-electron chi connectivity index (χ4n) is 2.37. The number of rotatable bonds is 2. The maximum atomic E-state index is 12.1. The number of hydrogen-bond acceptors (Lipinski definition) is 2. The van der Waals surface area contributed by atoms with E-state index in [-0.39, 0.29) is 17.1 Å². The van der Waals surface area contributed by atoms with Crippen LogP contribution >= 0.6 is 0 Å². The van der Waals surface area contributed by atoms with Crippen LogP contribution in [0.4, 0.5) is 0 Å². The maximum absolute atomic E-state index is 12.1. The lowest BCUT2D eigenvalue weighted by Crippen LogP contribution is -2.26. The fourth-order valence-corrected chi connectivity index (χ4v) is 2.37. The Morgan fingerprint density at radius 3 is 2.67 bits per heavy atom. The van der Waals surface area contributed by atoms with Crippen LogP contribution < -0.4 is 0 Å². The Morgan fingerprint density at radius 2 is 2.00 bits per heavy atom. The van der Waals surface area contributed by atoms with E-state index in [2.05, 4.69) is 0 Å². The zero-order valence-corrected chi connectivity index (χ0v) is 9.41. The topological polar surface area (TPSA) is 26.3 Å². The number of ketones is 1. The molecule has 0 aliphatic heterocycles. The van der Waals surface area contributed by atoms with E-state index >= 15 is 0 Å². The first-order chi connectivity index (χ1) is 7.09. The van der Waals surface area contributed by atoms with Gasteiger partial charge in [-0.1, -0.05) is 38.1 Å². The number of benzene rings is 1. The molecule has 1 aliphatic carbocycles. The van der Waals surface area contributed by atoms with Crippen LogP contribution in [0.2, 0.25) is 0 Å². The zero-order valence-electron chi connectivity index (χ0n) is 9.41. The summed E-state index contributed by atoms with van der Waals surface area (Å²) in [6, 6.07) is 7.85. The molecule has 0 bridgehead atoms. The Kier molecular flexibility index (Phi) is 2.39. The third-order valence-corrected chi connectivity index (χ3v) is 3.37. The minimum absolute atomic E-state index is 0.186. The van der Waals surface area contributed by atoms with Crippen LogP contribution in [0.25, 0.3) is 0 Å². The average molecular weight is 204 g/mol. The number of Topliss-reactive ketones (excluding diaryl/α,β-unsaturated/α-hetero) is 1. The van der Waals surface area contributed by atoms with Gasteiger partial charge in [-0.25, -0.2) is 0 Å². The lowest BCUT2D eigenvalue weighted by Gasteiger charge is -2.25. The van der Waals surface area contributed by atoms with Crippen LogP contribution in [0.1, 0.15) is 35.7 Å². The molecule has 80 valence electrons. The molecule has 0 saturated heterocycles. The molecular weight excluding hydrogens is 188 g/mol. The summed E-state index contributed by atoms with van der Waals surface area (Å²) in [5.41, 5.74) is 1.67. The highest BCUT2D eigenvalue weighted by atomic mass is 16.5. The van der Waals surface area contributed by atoms with E-state index in [1.165, 1.54) is 0 Å². The summed E-state index contributed by atoms with van der Waals surface area (Å²) in [5.74, 6) is 0.423. The molecule has 1 aliphatic rings. The van der Waals surface area contributed by atoms with Crippen LogP contribution in [0, 0.1) is 5.41 Å². The molecule has 1 aromatic carbocycles. The minimum Gasteiger partial charge on any atom is -0.384 e. The van der Waals surface area contributed by atoms with Gasteiger partial charge in [0.15, 0.2) is 5.78 Å². The summed E-state index contributed by atoms with van der Waals surface area (Å²) in [5, 5.41) is 0. The monoisotopic (exact) mass is 204 g/mol. The third kappa shape index (κ3) is 1.40. The normalized spacial score (nSPS) is 22.9. The fraction of sp³-hybridized carbons (Fsp3) is 0.462. The first-order valence-corrected chi connectivity index (χ1v) is 5.21. The van der Waals surface area contributed by atoms with Crippen molar-refractivity contribution in [1.82, 2.24) is 0 Å². The van der Waals surface area contributed by atoms with Crippen LogP contribution in [-0.4, -0.2) is 19.5 Å². The summed E-state index contributed by atoms with van der Waals surface area (Å²) >= 11 is 0. The molecule has 1 atom stereocenters. The lowest BCUT2D eigenvalue weighted by molar-refractivity contribution is 0.0757. The van der Waals surface area contributed by atoms with E-state index in [4.69, 9.17) is 4.74 Å². The predicted octanol–water partition coefficient (Wildman–Crippen LogP) is 2.64. The number of hydrogen-bond donors (Lipinski definition) is 0. The van der Waals surface area contributed by atoms with Crippen molar-refractivity contribution in [2.45, 2.75) is 19.8 Å². The Balaban J connectivity index is 2.51. The van der Waals surface area contributed by atoms with E-state index in [0.29, 0.717) is 6.61 Å². The highest BCUT2D eigenvalue weighted by Gasteiger charge is 2.45. The molecule has 0 aromatic heterocycles. The molecule has 2 nitrogen and oxygen atoms in total. The molecule has 0 heterocycles. The number of ether oxygens (including phenoxy) is 1.